The van der Waals surface area contributed by atoms with Crippen molar-refractivity contribution in [2.24, 2.45) is 0 Å². The van der Waals surface area contributed by atoms with Gasteiger partial charge in [-0.15, -0.1) is 11.6 Å². The molecule has 1 unspecified atom stereocenters. The minimum absolute atomic E-state index is 0.0835. The van der Waals surface area contributed by atoms with Crippen LogP contribution >= 0.6 is 23.2 Å². The number of rotatable bonds is 5. The van der Waals surface area contributed by atoms with Gasteiger partial charge in [-0.25, -0.2) is 9.37 Å². The summed E-state index contributed by atoms with van der Waals surface area (Å²) in [4.78, 5) is 6.72. The van der Waals surface area contributed by atoms with Crippen molar-refractivity contribution in [3.8, 4) is 0 Å². The number of benzene rings is 1. The highest BCUT2D eigenvalue weighted by molar-refractivity contribution is 6.31. The summed E-state index contributed by atoms with van der Waals surface area (Å²) in [6, 6.07) is 3.43. The predicted octanol–water partition coefficient (Wildman–Crippen LogP) is 4.47. The maximum Gasteiger partial charge on any atom is 0.144 e. The third-order valence-corrected chi connectivity index (χ3v) is 4.22. The van der Waals surface area contributed by atoms with E-state index in [9.17, 15) is 4.39 Å². The van der Waals surface area contributed by atoms with Gasteiger partial charge in [0.1, 0.15) is 11.6 Å². The van der Waals surface area contributed by atoms with Crippen LogP contribution in [0, 0.1) is 5.82 Å². The molecule has 0 radical (unpaired) electrons. The Morgan fingerprint density at radius 2 is 2.00 bits per heavy atom. The average molecular weight is 332 g/mol. The molecule has 0 N–H and O–H groups in total. The predicted molar refractivity (Wildman–Crippen MR) is 86.7 cm³/mol. The van der Waals surface area contributed by atoms with Crippen molar-refractivity contribution >= 4 is 34.2 Å². The van der Waals surface area contributed by atoms with E-state index < -0.39 is 5.82 Å². The quantitative estimate of drug-likeness (QED) is 0.754. The molecule has 3 nitrogen and oxygen atoms in total. The van der Waals surface area contributed by atoms with Crippen LogP contribution in [0.3, 0.4) is 0 Å². The van der Waals surface area contributed by atoms with E-state index in [0.29, 0.717) is 18.1 Å². The van der Waals surface area contributed by atoms with Crippen molar-refractivity contribution in [3.63, 3.8) is 0 Å². The van der Waals surface area contributed by atoms with E-state index in [-0.39, 0.29) is 10.4 Å². The number of hydrogen-bond donors (Lipinski definition) is 0. The second-order valence-electron chi connectivity index (χ2n) is 5.57. The van der Waals surface area contributed by atoms with Gasteiger partial charge in [-0.1, -0.05) is 11.6 Å². The van der Waals surface area contributed by atoms with Crippen molar-refractivity contribution in [1.82, 2.24) is 14.5 Å². The Hall–Kier alpha value is -0.840. The molecule has 0 aliphatic heterocycles. The van der Waals surface area contributed by atoms with Crippen LogP contribution in [0.5, 0.6) is 0 Å². The van der Waals surface area contributed by atoms with Gasteiger partial charge in [0.15, 0.2) is 0 Å². The molecule has 0 aliphatic rings. The maximum absolute atomic E-state index is 13.7. The molecule has 0 saturated heterocycles. The summed E-state index contributed by atoms with van der Waals surface area (Å²) < 4.78 is 15.7. The van der Waals surface area contributed by atoms with Crippen LogP contribution in [-0.4, -0.2) is 34.1 Å². The molecule has 1 heterocycles. The number of aromatic nitrogens is 2. The molecule has 1 aromatic heterocycles. The molecule has 2 rings (SSSR count). The van der Waals surface area contributed by atoms with Gasteiger partial charge in [-0.3, -0.25) is 0 Å². The lowest BCUT2D eigenvalue weighted by Crippen LogP contribution is -2.30. The number of imidazole rings is 1. The highest BCUT2D eigenvalue weighted by Gasteiger charge is 2.17. The Balaban J connectivity index is 2.43. The van der Waals surface area contributed by atoms with Crippen LogP contribution in [0.15, 0.2) is 12.1 Å². The summed E-state index contributed by atoms with van der Waals surface area (Å²) in [7, 11) is 2.06. The highest BCUT2D eigenvalue weighted by atomic mass is 35.5. The maximum atomic E-state index is 13.7. The van der Waals surface area contributed by atoms with E-state index in [1.54, 1.807) is 6.07 Å². The molecule has 0 aliphatic carbocycles. The zero-order chi connectivity index (χ0) is 15.7. The van der Waals surface area contributed by atoms with Crippen LogP contribution in [0.25, 0.3) is 11.0 Å². The molecule has 21 heavy (non-hydrogen) atoms. The van der Waals surface area contributed by atoms with E-state index >= 15 is 0 Å². The second-order valence-corrected chi connectivity index (χ2v) is 6.63. The summed E-state index contributed by atoms with van der Waals surface area (Å²) in [6.07, 6.45) is 0. The summed E-state index contributed by atoms with van der Waals surface area (Å²) >= 11 is 12.0. The number of alkyl halides is 1. The van der Waals surface area contributed by atoms with Crippen LogP contribution in [-0.2, 0) is 6.54 Å². The molecule has 0 amide bonds. The molecular formula is C15H20Cl2FN3. The lowest BCUT2D eigenvalue weighted by molar-refractivity contribution is 0.263. The normalized spacial score (nSPS) is 13.6. The first-order valence-corrected chi connectivity index (χ1v) is 7.82. The monoisotopic (exact) mass is 331 g/mol. The molecule has 0 saturated carbocycles. The molecule has 6 heteroatoms. The lowest BCUT2D eigenvalue weighted by atomic mass is 10.3. The Labute approximate surface area is 134 Å². The smallest absolute Gasteiger partial charge is 0.144 e. The lowest BCUT2D eigenvalue weighted by Gasteiger charge is -2.22. The summed E-state index contributed by atoms with van der Waals surface area (Å²) in [6.45, 7) is 7.68. The van der Waals surface area contributed by atoms with Gasteiger partial charge in [0.05, 0.1) is 21.4 Å². The minimum Gasteiger partial charge on any atom is -0.325 e. The molecule has 2 aromatic rings. The number of fused-ring (bicyclic) bond motifs is 1. The first kappa shape index (κ1) is 16.5. The van der Waals surface area contributed by atoms with Crippen molar-refractivity contribution in [2.75, 3.05) is 13.6 Å². The average Bonchev–Trinajstić information content (AvgIpc) is 2.74. The second kappa shape index (κ2) is 6.51. The van der Waals surface area contributed by atoms with E-state index in [2.05, 4.69) is 30.8 Å². The Bertz CT molecular complexity index is 637. The van der Waals surface area contributed by atoms with Crippen molar-refractivity contribution in [1.29, 1.82) is 0 Å². The molecule has 1 atom stereocenters. The van der Waals surface area contributed by atoms with Crippen molar-refractivity contribution < 1.29 is 4.39 Å². The van der Waals surface area contributed by atoms with E-state index in [1.807, 2.05) is 11.5 Å². The molecule has 0 spiro atoms. The molecule has 1 aromatic carbocycles. The van der Waals surface area contributed by atoms with Gasteiger partial charge in [-0.2, -0.15) is 0 Å². The van der Waals surface area contributed by atoms with E-state index in [4.69, 9.17) is 23.2 Å². The summed E-state index contributed by atoms with van der Waals surface area (Å²) in [5, 5.41) is -0.163. The van der Waals surface area contributed by atoms with E-state index in [1.165, 1.54) is 6.07 Å². The Morgan fingerprint density at radius 1 is 1.33 bits per heavy atom. The standard InChI is InChI=1S/C15H20Cl2FN3/c1-9(2)20(4)5-6-21-14-8-12(18)11(17)7-13(14)19-15(21)10(3)16/h7-10H,5-6H2,1-4H3. The molecule has 0 bridgehead atoms. The third kappa shape index (κ3) is 3.50. The van der Waals surface area contributed by atoms with Crippen molar-refractivity contribution in [3.05, 3.63) is 28.8 Å². The van der Waals surface area contributed by atoms with Gasteiger partial charge in [0, 0.05) is 25.2 Å². The summed E-state index contributed by atoms with van der Waals surface area (Å²) in [5.41, 5.74) is 1.41. The first-order chi connectivity index (χ1) is 9.81. The SMILES string of the molecule is CC(Cl)c1nc2cc(Cl)c(F)cc2n1CCN(C)C(C)C. The fourth-order valence-corrected chi connectivity index (χ4v) is 2.52. The van der Waals surface area contributed by atoms with Crippen LogP contribution in [0.4, 0.5) is 4.39 Å². The fraction of sp³-hybridized carbons (Fsp3) is 0.533. The van der Waals surface area contributed by atoms with Gasteiger partial charge >= 0.3 is 0 Å². The highest BCUT2D eigenvalue weighted by Crippen LogP contribution is 2.28. The molecular weight excluding hydrogens is 312 g/mol. The Kier molecular flexibility index (Phi) is 5.12. The number of nitrogens with zero attached hydrogens (tertiary/aromatic N) is 3. The fourth-order valence-electron chi connectivity index (χ4n) is 2.19. The van der Waals surface area contributed by atoms with Crippen LogP contribution in [0.2, 0.25) is 5.02 Å². The molecule has 116 valence electrons. The first-order valence-electron chi connectivity index (χ1n) is 7.00. The van der Waals surface area contributed by atoms with Gasteiger partial charge in [0.2, 0.25) is 0 Å². The Morgan fingerprint density at radius 3 is 2.57 bits per heavy atom. The largest absolute Gasteiger partial charge is 0.325 e. The van der Waals surface area contributed by atoms with Gasteiger partial charge in [-0.05, 0) is 33.9 Å². The number of hydrogen-bond acceptors (Lipinski definition) is 2. The number of halogens is 3. The number of likely N-dealkylation sites (N-methyl/N-ethyl adjacent to an activating group) is 1. The summed E-state index contributed by atoms with van der Waals surface area (Å²) in [5.74, 6) is 0.307. The van der Waals surface area contributed by atoms with Crippen LogP contribution in [0.1, 0.15) is 32.0 Å². The zero-order valence-corrected chi connectivity index (χ0v) is 14.2. The van der Waals surface area contributed by atoms with Crippen LogP contribution < -0.4 is 0 Å². The van der Waals surface area contributed by atoms with E-state index in [0.717, 1.165) is 17.9 Å². The minimum atomic E-state index is -0.434. The van der Waals surface area contributed by atoms with Gasteiger partial charge < -0.3 is 9.47 Å². The molecule has 0 fully saturated rings. The van der Waals surface area contributed by atoms with Crippen molar-refractivity contribution in [2.45, 2.75) is 38.7 Å². The zero-order valence-electron chi connectivity index (χ0n) is 12.7. The van der Waals surface area contributed by atoms with Gasteiger partial charge in [0.25, 0.3) is 0 Å². The third-order valence-electron chi connectivity index (χ3n) is 3.73. The topological polar surface area (TPSA) is 21.1 Å².